The van der Waals surface area contributed by atoms with Crippen LogP contribution in [-0.4, -0.2) is 29.5 Å². The average Bonchev–Trinajstić information content (AvgIpc) is 3.34. The van der Waals surface area contributed by atoms with E-state index in [1.807, 2.05) is 23.7 Å². The van der Waals surface area contributed by atoms with Gasteiger partial charge in [0.25, 0.3) is 0 Å². The number of hydrogen-bond acceptors (Lipinski definition) is 3. The van der Waals surface area contributed by atoms with Gasteiger partial charge in [-0.3, -0.25) is 0 Å². The first-order chi connectivity index (χ1) is 17.2. The highest BCUT2D eigenvalue weighted by molar-refractivity contribution is 7.07. The van der Waals surface area contributed by atoms with Crippen LogP contribution in [0.3, 0.4) is 0 Å². The Morgan fingerprint density at radius 2 is 1.74 bits per heavy atom. The van der Waals surface area contributed by atoms with Crippen molar-refractivity contribution in [3.8, 4) is 0 Å². The molecule has 2 nitrogen and oxygen atoms in total. The SMILES string of the molecule is C=CC(c1ccc2c(c1)CC[C@@H](CC1CCN(CCc3ccc(F)cc3)CC1)CC2)c1cscn1. The van der Waals surface area contributed by atoms with Gasteiger partial charge in [0.2, 0.25) is 0 Å². The molecule has 0 spiro atoms. The molecule has 5 rings (SSSR count). The summed E-state index contributed by atoms with van der Waals surface area (Å²) >= 11 is 1.65. The molecule has 0 N–H and O–H groups in total. The highest BCUT2D eigenvalue weighted by Crippen LogP contribution is 2.34. The van der Waals surface area contributed by atoms with Gasteiger partial charge in [-0.15, -0.1) is 17.9 Å². The van der Waals surface area contributed by atoms with Gasteiger partial charge in [0.05, 0.1) is 11.2 Å². The molecule has 35 heavy (non-hydrogen) atoms. The van der Waals surface area contributed by atoms with Crippen LogP contribution in [0.4, 0.5) is 4.39 Å². The van der Waals surface area contributed by atoms with Crippen LogP contribution in [0.5, 0.6) is 0 Å². The van der Waals surface area contributed by atoms with E-state index in [1.54, 1.807) is 34.6 Å². The van der Waals surface area contributed by atoms with Crippen LogP contribution in [0, 0.1) is 17.7 Å². The van der Waals surface area contributed by atoms with Gasteiger partial charge in [0, 0.05) is 17.8 Å². The van der Waals surface area contributed by atoms with Gasteiger partial charge in [-0.2, -0.15) is 0 Å². The summed E-state index contributed by atoms with van der Waals surface area (Å²) in [6, 6.07) is 14.1. The van der Waals surface area contributed by atoms with Crippen LogP contribution in [0.15, 0.2) is 66.0 Å². The Balaban J connectivity index is 1.10. The molecule has 0 amide bonds. The van der Waals surface area contributed by atoms with Crippen LogP contribution >= 0.6 is 11.3 Å². The quantitative estimate of drug-likeness (QED) is 0.242. The van der Waals surface area contributed by atoms with Crippen molar-refractivity contribution in [2.45, 2.75) is 57.3 Å². The molecule has 2 atom stereocenters. The van der Waals surface area contributed by atoms with Crippen LogP contribution < -0.4 is 0 Å². The summed E-state index contributed by atoms with van der Waals surface area (Å²) in [7, 11) is 0. The number of aryl methyl sites for hydroxylation is 2. The molecule has 1 unspecified atom stereocenters. The highest BCUT2D eigenvalue weighted by atomic mass is 32.1. The van der Waals surface area contributed by atoms with Crippen molar-refractivity contribution in [3.05, 3.63) is 99.8 Å². The molecule has 1 saturated heterocycles. The van der Waals surface area contributed by atoms with E-state index in [9.17, 15) is 4.39 Å². The molecule has 0 bridgehead atoms. The Morgan fingerprint density at radius 3 is 2.46 bits per heavy atom. The average molecular weight is 489 g/mol. The molecular formula is C31H37FN2S. The van der Waals surface area contributed by atoms with Crippen molar-refractivity contribution >= 4 is 11.3 Å². The minimum atomic E-state index is -0.145. The minimum Gasteiger partial charge on any atom is -0.303 e. The van der Waals surface area contributed by atoms with Gasteiger partial charge >= 0.3 is 0 Å². The molecular weight excluding hydrogens is 451 g/mol. The Hall–Kier alpha value is -2.30. The summed E-state index contributed by atoms with van der Waals surface area (Å²) < 4.78 is 13.1. The molecule has 3 aromatic rings. The van der Waals surface area contributed by atoms with Crippen LogP contribution in [0.25, 0.3) is 0 Å². The van der Waals surface area contributed by atoms with Gasteiger partial charge in [-0.25, -0.2) is 9.37 Å². The molecule has 1 fully saturated rings. The standard InChI is InChI=1S/C31H37FN2S/c1-2-30(31-21-35-22-33-31)28-10-9-26-7-3-24(4-8-27(26)20-28)19-25-14-17-34(18-15-25)16-13-23-5-11-29(32)12-6-23/h2,5-6,9-12,20-22,24-25,30H,1,3-4,7-8,13-19H2/t24-,30?/m0/s1. The second-order valence-corrected chi connectivity index (χ2v) is 11.2. The maximum Gasteiger partial charge on any atom is 0.123 e. The minimum absolute atomic E-state index is 0.145. The van der Waals surface area contributed by atoms with Crippen molar-refractivity contribution in [1.82, 2.24) is 9.88 Å². The summed E-state index contributed by atoms with van der Waals surface area (Å²) in [5, 5.41) is 2.14. The van der Waals surface area contributed by atoms with Crippen LogP contribution in [0.2, 0.25) is 0 Å². The predicted molar refractivity (Wildman–Crippen MR) is 145 cm³/mol. The molecule has 4 heteroatoms. The van der Waals surface area contributed by atoms with Gasteiger partial charge in [-0.05, 0) is 111 Å². The zero-order valence-electron chi connectivity index (χ0n) is 20.7. The second kappa shape index (κ2) is 11.6. The number of piperidine rings is 1. The van der Waals surface area contributed by atoms with Crippen molar-refractivity contribution < 1.29 is 4.39 Å². The first-order valence-corrected chi connectivity index (χ1v) is 14.2. The van der Waals surface area contributed by atoms with E-state index in [0.29, 0.717) is 0 Å². The lowest BCUT2D eigenvalue weighted by Crippen LogP contribution is -2.35. The number of allylic oxidation sites excluding steroid dienone is 1. The first-order valence-electron chi connectivity index (χ1n) is 13.3. The first kappa shape index (κ1) is 24.4. The Labute approximate surface area is 213 Å². The summed E-state index contributed by atoms with van der Waals surface area (Å²) in [6.45, 7) is 7.59. The summed E-state index contributed by atoms with van der Waals surface area (Å²) in [4.78, 5) is 7.14. The Bertz CT molecular complexity index is 1080. The van der Waals surface area contributed by atoms with Gasteiger partial charge in [-0.1, -0.05) is 36.4 Å². The topological polar surface area (TPSA) is 16.1 Å². The van der Waals surface area contributed by atoms with E-state index in [-0.39, 0.29) is 11.7 Å². The lowest BCUT2D eigenvalue weighted by Gasteiger charge is -2.33. The van der Waals surface area contributed by atoms with Crippen molar-refractivity contribution in [2.75, 3.05) is 19.6 Å². The molecule has 1 aromatic heterocycles. The van der Waals surface area contributed by atoms with Crippen molar-refractivity contribution in [2.24, 2.45) is 11.8 Å². The van der Waals surface area contributed by atoms with Crippen LogP contribution in [0.1, 0.15) is 66.0 Å². The van der Waals surface area contributed by atoms with Gasteiger partial charge < -0.3 is 4.90 Å². The smallest absolute Gasteiger partial charge is 0.123 e. The third kappa shape index (κ3) is 6.29. The van der Waals surface area contributed by atoms with Crippen LogP contribution in [-0.2, 0) is 19.3 Å². The highest BCUT2D eigenvalue weighted by Gasteiger charge is 2.24. The van der Waals surface area contributed by atoms with E-state index in [2.05, 4.69) is 40.0 Å². The summed E-state index contributed by atoms with van der Waals surface area (Å²) in [6.07, 6.45) is 12.1. The van der Waals surface area contributed by atoms with E-state index in [1.165, 1.54) is 69.2 Å². The van der Waals surface area contributed by atoms with E-state index in [0.717, 1.165) is 30.5 Å². The van der Waals surface area contributed by atoms with E-state index >= 15 is 0 Å². The summed E-state index contributed by atoms with van der Waals surface area (Å²) in [5.74, 6) is 1.76. The molecule has 2 aromatic carbocycles. The zero-order valence-corrected chi connectivity index (χ0v) is 21.5. The fraction of sp³-hybridized carbons (Fsp3) is 0.452. The maximum absolute atomic E-state index is 13.1. The number of likely N-dealkylation sites (tertiary alicyclic amines) is 1. The fourth-order valence-corrected chi connectivity index (χ4v) is 6.66. The number of benzene rings is 2. The molecule has 0 saturated carbocycles. The maximum atomic E-state index is 13.1. The third-order valence-electron chi connectivity index (χ3n) is 8.24. The number of aromatic nitrogens is 1. The number of rotatable bonds is 8. The summed E-state index contributed by atoms with van der Waals surface area (Å²) in [5.41, 5.74) is 8.68. The van der Waals surface area contributed by atoms with E-state index in [4.69, 9.17) is 0 Å². The number of halogens is 1. The number of hydrogen-bond donors (Lipinski definition) is 0. The lowest BCUT2D eigenvalue weighted by molar-refractivity contribution is 0.165. The molecule has 0 radical (unpaired) electrons. The zero-order chi connectivity index (χ0) is 24.0. The molecule has 2 heterocycles. The van der Waals surface area contributed by atoms with Gasteiger partial charge in [0.15, 0.2) is 0 Å². The lowest BCUT2D eigenvalue weighted by atomic mass is 9.83. The molecule has 1 aliphatic carbocycles. The van der Waals surface area contributed by atoms with Gasteiger partial charge in [0.1, 0.15) is 5.82 Å². The number of fused-ring (bicyclic) bond motifs is 1. The van der Waals surface area contributed by atoms with Crippen molar-refractivity contribution in [1.29, 1.82) is 0 Å². The predicted octanol–water partition coefficient (Wildman–Crippen LogP) is 7.44. The Kier molecular flexibility index (Phi) is 8.10. The fourth-order valence-electron chi connectivity index (χ4n) is 6.07. The molecule has 1 aliphatic heterocycles. The molecule has 184 valence electrons. The van der Waals surface area contributed by atoms with E-state index < -0.39 is 0 Å². The molecule has 2 aliphatic rings. The third-order valence-corrected chi connectivity index (χ3v) is 8.85. The Morgan fingerprint density at radius 1 is 1.00 bits per heavy atom. The monoisotopic (exact) mass is 488 g/mol. The van der Waals surface area contributed by atoms with Crippen molar-refractivity contribution in [3.63, 3.8) is 0 Å². The normalized spacial score (nSPS) is 20.2. The number of thiazole rings is 1. The largest absolute Gasteiger partial charge is 0.303 e. The number of nitrogens with zero attached hydrogens (tertiary/aromatic N) is 2. The second-order valence-electron chi connectivity index (χ2n) is 10.5.